The fourth-order valence-corrected chi connectivity index (χ4v) is 5.74. The molecule has 0 spiro atoms. The number of amidine groups is 1. The van der Waals surface area contributed by atoms with Gasteiger partial charge in [0.2, 0.25) is 5.91 Å². The van der Waals surface area contributed by atoms with E-state index >= 15 is 0 Å². The zero-order valence-corrected chi connectivity index (χ0v) is 17.5. The first-order valence-corrected chi connectivity index (χ1v) is 11.5. The first-order valence-electron chi connectivity index (χ1n) is 9.73. The van der Waals surface area contributed by atoms with Gasteiger partial charge in [-0.15, -0.1) is 4.40 Å². The number of nitrogens with zero attached hydrogens (tertiary/aromatic N) is 3. The van der Waals surface area contributed by atoms with Crippen LogP contribution in [0.3, 0.4) is 0 Å². The van der Waals surface area contributed by atoms with Crippen LogP contribution in [0.1, 0.15) is 38.2 Å². The fraction of sp³-hybridized carbons (Fsp3) is 0.500. The number of hydrogen-bond acceptors (Lipinski definition) is 4. The number of carbonyl (C=O) groups excluding carboxylic acids is 1. The second-order valence-corrected chi connectivity index (χ2v) is 9.63. The van der Waals surface area contributed by atoms with Gasteiger partial charge in [-0.3, -0.25) is 4.79 Å². The van der Waals surface area contributed by atoms with E-state index in [0.29, 0.717) is 41.6 Å². The largest absolute Gasteiger partial charge is 0.354 e. The Labute approximate surface area is 170 Å². The molecule has 0 unspecified atom stereocenters. The van der Waals surface area contributed by atoms with Crippen molar-refractivity contribution in [2.75, 3.05) is 26.2 Å². The molecule has 150 valence electrons. The third-order valence-electron chi connectivity index (χ3n) is 5.79. The SMILES string of the molecule is CC1=C(c2cccc(Cl)c2)S(=O)(=O)N=C1N1CCCN(C(=O)C2CCC2)CC1. The molecular formula is C20H24ClN3O3S. The predicted octanol–water partition coefficient (Wildman–Crippen LogP) is 3.15. The molecule has 4 rings (SSSR count). The highest BCUT2D eigenvalue weighted by atomic mass is 35.5. The summed E-state index contributed by atoms with van der Waals surface area (Å²) in [5.41, 5.74) is 1.20. The molecule has 3 aliphatic rings. The standard InChI is InChI=1S/C20H24ClN3O3S/c1-14-18(16-7-3-8-17(21)13-16)28(26,27)22-19(14)23-9-4-10-24(12-11-23)20(25)15-5-2-6-15/h3,7-8,13,15H,2,4-6,9-12H2,1H3. The van der Waals surface area contributed by atoms with E-state index < -0.39 is 10.0 Å². The van der Waals surface area contributed by atoms with Crippen LogP contribution in [0.2, 0.25) is 5.02 Å². The quantitative estimate of drug-likeness (QED) is 0.735. The summed E-state index contributed by atoms with van der Waals surface area (Å²) < 4.78 is 29.6. The van der Waals surface area contributed by atoms with Crippen LogP contribution in [-0.2, 0) is 14.8 Å². The molecule has 1 aliphatic carbocycles. The van der Waals surface area contributed by atoms with Crippen LogP contribution >= 0.6 is 11.6 Å². The molecule has 1 saturated carbocycles. The second kappa shape index (κ2) is 7.52. The van der Waals surface area contributed by atoms with Crippen LogP contribution in [0, 0.1) is 5.92 Å². The number of halogens is 1. The molecule has 0 radical (unpaired) electrons. The van der Waals surface area contributed by atoms with Gasteiger partial charge in [0.15, 0.2) is 0 Å². The lowest BCUT2D eigenvalue weighted by atomic mass is 9.84. The highest BCUT2D eigenvalue weighted by molar-refractivity contribution is 8.00. The highest BCUT2D eigenvalue weighted by Crippen LogP contribution is 2.35. The summed E-state index contributed by atoms with van der Waals surface area (Å²) in [6.07, 6.45) is 3.93. The molecule has 0 N–H and O–H groups in total. The third kappa shape index (κ3) is 3.57. The molecule has 8 heteroatoms. The summed E-state index contributed by atoms with van der Waals surface area (Å²) in [4.78, 5) is 16.7. The van der Waals surface area contributed by atoms with Gasteiger partial charge in [-0.1, -0.05) is 30.2 Å². The molecule has 0 bridgehead atoms. The molecule has 6 nitrogen and oxygen atoms in total. The van der Waals surface area contributed by atoms with Crippen LogP contribution in [0.5, 0.6) is 0 Å². The van der Waals surface area contributed by atoms with Gasteiger partial charge in [0.05, 0.1) is 0 Å². The van der Waals surface area contributed by atoms with Crippen LogP contribution < -0.4 is 0 Å². The number of amides is 1. The monoisotopic (exact) mass is 421 g/mol. The van der Waals surface area contributed by atoms with Crippen molar-refractivity contribution < 1.29 is 13.2 Å². The minimum absolute atomic E-state index is 0.187. The van der Waals surface area contributed by atoms with E-state index in [2.05, 4.69) is 4.40 Å². The number of carbonyl (C=O) groups is 1. The van der Waals surface area contributed by atoms with Crippen LogP contribution in [0.15, 0.2) is 34.2 Å². The van der Waals surface area contributed by atoms with E-state index in [1.807, 2.05) is 9.80 Å². The van der Waals surface area contributed by atoms with Crippen molar-refractivity contribution in [1.29, 1.82) is 0 Å². The summed E-state index contributed by atoms with van der Waals surface area (Å²) in [5.74, 6) is 0.931. The van der Waals surface area contributed by atoms with Crippen molar-refractivity contribution in [1.82, 2.24) is 9.80 Å². The van der Waals surface area contributed by atoms with Gasteiger partial charge >= 0.3 is 0 Å². The Balaban J connectivity index is 1.56. The van der Waals surface area contributed by atoms with Gasteiger partial charge in [0.1, 0.15) is 10.7 Å². The maximum Gasteiger partial charge on any atom is 0.285 e. The van der Waals surface area contributed by atoms with Gasteiger partial charge in [0.25, 0.3) is 10.0 Å². The van der Waals surface area contributed by atoms with E-state index in [0.717, 1.165) is 32.2 Å². The second-order valence-electron chi connectivity index (χ2n) is 7.65. The molecule has 1 saturated heterocycles. The third-order valence-corrected chi connectivity index (χ3v) is 7.50. The summed E-state index contributed by atoms with van der Waals surface area (Å²) in [6, 6.07) is 6.84. The topological polar surface area (TPSA) is 70.1 Å². The summed E-state index contributed by atoms with van der Waals surface area (Å²) in [5, 5.41) is 0.487. The van der Waals surface area contributed by atoms with Crippen LogP contribution in [0.4, 0.5) is 0 Å². The first kappa shape index (κ1) is 19.5. The van der Waals surface area contributed by atoms with Gasteiger partial charge in [0, 0.05) is 42.7 Å². The van der Waals surface area contributed by atoms with Crippen LogP contribution in [0.25, 0.3) is 4.91 Å². The van der Waals surface area contributed by atoms with Crippen molar-refractivity contribution in [2.24, 2.45) is 10.3 Å². The molecular weight excluding hydrogens is 398 g/mol. The number of sulfonamides is 1. The smallest absolute Gasteiger partial charge is 0.285 e. The predicted molar refractivity (Wildman–Crippen MR) is 111 cm³/mol. The molecule has 2 fully saturated rings. The van der Waals surface area contributed by atoms with Crippen molar-refractivity contribution in [2.45, 2.75) is 32.6 Å². The summed E-state index contributed by atoms with van der Waals surface area (Å²) >= 11 is 6.06. The van der Waals surface area contributed by atoms with E-state index in [4.69, 9.17) is 11.6 Å². The lowest BCUT2D eigenvalue weighted by molar-refractivity contribution is -0.138. The molecule has 2 aliphatic heterocycles. The minimum Gasteiger partial charge on any atom is -0.354 e. The summed E-state index contributed by atoms with van der Waals surface area (Å²) in [6.45, 7) is 4.39. The minimum atomic E-state index is -3.77. The molecule has 0 aromatic heterocycles. The fourth-order valence-electron chi connectivity index (χ4n) is 4.08. The normalized spacial score (nSPS) is 22.7. The number of hydrogen-bond donors (Lipinski definition) is 0. The van der Waals surface area contributed by atoms with E-state index in [1.54, 1.807) is 31.2 Å². The Morgan fingerprint density at radius 1 is 1.14 bits per heavy atom. The van der Waals surface area contributed by atoms with Crippen molar-refractivity contribution in [3.05, 3.63) is 40.4 Å². The van der Waals surface area contributed by atoms with Gasteiger partial charge in [-0.2, -0.15) is 8.42 Å². The van der Waals surface area contributed by atoms with Gasteiger partial charge in [-0.25, -0.2) is 0 Å². The highest BCUT2D eigenvalue weighted by Gasteiger charge is 2.35. The van der Waals surface area contributed by atoms with Gasteiger partial charge < -0.3 is 9.80 Å². The van der Waals surface area contributed by atoms with Crippen LogP contribution in [-0.4, -0.2) is 56.1 Å². The number of rotatable bonds is 2. The van der Waals surface area contributed by atoms with Crippen molar-refractivity contribution in [3.63, 3.8) is 0 Å². The van der Waals surface area contributed by atoms with Crippen molar-refractivity contribution >= 4 is 38.3 Å². The van der Waals surface area contributed by atoms with Crippen molar-refractivity contribution in [3.8, 4) is 0 Å². The molecule has 0 atom stereocenters. The lowest BCUT2D eigenvalue weighted by Crippen LogP contribution is -2.41. The zero-order valence-electron chi connectivity index (χ0n) is 15.9. The van der Waals surface area contributed by atoms with Gasteiger partial charge in [-0.05, 0) is 43.9 Å². The molecule has 2 heterocycles. The van der Waals surface area contributed by atoms with E-state index in [-0.39, 0.29) is 16.7 Å². The molecule has 28 heavy (non-hydrogen) atoms. The van der Waals surface area contributed by atoms with E-state index in [1.165, 1.54) is 0 Å². The Bertz CT molecular complexity index is 967. The number of benzene rings is 1. The lowest BCUT2D eigenvalue weighted by Gasteiger charge is -2.31. The molecule has 1 amide bonds. The maximum absolute atomic E-state index is 12.8. The average molecular weight is 422 g/mol. The first-order chi connectivity index (χ1) is 13.4. The van der Waals surface area contributed by atoms with E-state index in [9.17, 15) is 13.2 Å². The Hall–Kier alpha value is -1.86. The molecule has 1 aromatic carbocycles. The molecule has 1 aromatic rings. The zero-order chi connectivity index (χ0) is 19.9. The Morgan fingerprint density at radius 2 is 1.93 bits per heavy atom. The Morgan fingerprint density at radius 3 is 2.61 bits per heavy atom. The Kier molecular flexibility index (Phi) is 5.22. The maximum atomic E-state index is 12.8. The summed E-state index contributed by atoms with van der Waals surface area (Å²) in [7, 11) is -3.77. The average Bonchev–Trinajstić information content (AvgIpc) is 2.76.